The molecule has 0 aliphatic carbocycles. The summed E-state index contributed by atoms with van der Waals surface area (Å²) in [6.07, 6.45) is 14.4. The SMILES string of the molecule is CCCCCCCCCCCCC(O)CCO.OB(O)O. The van der Waals surface area contributed by atoms with Gasteiger partial charge in [0.2, 0.25) is 0 Å². The summed E-state index contributed by atoms with van der Waals surface area (Å²) in [6.45, 7) is 2.37. The second kappa shape index (κ2) is 19.9. The molecule has 0 bridgehead atoms. The molecule has 21 heavy (non-hydrogen) atoms. The Kier molecular flexibility index (Phi) is 21.9. The van der Waals surface area contributed by atoms with Crippen LogP contribution >= 0.6 is 0 Å². The molecule has 0 saturated heterocycles. The lowest BCUT2D eigenvalue weighted by atomic mass is 10.0. The Hall–Kier alpha value is -0.135. The molecule has 0 aliphatic rings. The zero-order valence-corrected chi connectivity index (χ0v) is 13.6. The van der Waals surface area contributed by atoms with Gasteiger partial charge < -0.3 is 25.3 Å². The quantitative estimate of drug-likeness (QED) is 0.265. The summed E-state index contributed by atoms with van der Waals surface area (Å²) in [4.78, 5) is 0. The van der Waals surface area contributed by atoms with Gasteiger partial charge in [0.15, 0.2) is 0 Å². The lowest BCUT2D eigenvalue weighted by molar-refractivity contribution is 0.122. The summed E-state index contributed by atoms with van der Waals surface area (Å²) in [5.74, 6) is 0. The maximum Gasteiger partial charge on any atom is 0.631 e. The van der Waals surface area contributed by atoms with Crippen LogP contribution in [0, 0.1) is 0 Å². The van der Waals surface area contributed by atoms with E-state index in [1.54, 1.807) is 0 Å². The molecule has 0 saturated carbocycles. The Labute approximate surface area is 130 Å². The van der Waals surface area contributed by atoms with Gasteiger partial charge in [-0.2, -0.15) is 0 Å². The van der Waals surface area contributed by atoms with E-state index in [-0.39, 0.29) is 12.7 Å². The molecule has 0 aromatic rings. The van der Waals surface area contributed by atoms with Gasteiger partial charge in [0.05, 0.1) is 6.10 Å². The number of aliphatic hydroxyl groups is 2. The van der Waals surface area contributed by atoms with Gasteiger partial charge in [-0.3, -0.25) is 0 Å². The van der Waals surface area contributed by atoms with Crippen LogP contribution in [0.3, 0.4) is 0 Å². The monoisotopic (exact) mass is 306 g/mol. The maximum atomic E-state index is 9.41. The second-order valence-electron chi connectivity index (χ2n) is 5.48. The molecule has 0 amide bonds. The first kappa shape index (κ1) is 23.1. The lowest BCUT2D eigenvalue weighted by Crippen LogP contribution is -2.08. The topological polar surface area (TPSA) is 101 Å². The smallest absolute Gasteiger partial charge is 0.402 e. The minimum absolute atomic E-state index is 0.110. The molecule has 0 radical (unpaired) electrons. The Morgan fingerprint density at radius 1 is 0.714 bits per heavy atom. The van der Waals surface area contributed by atoms with Crippen molar-refractivity contribution in [1.82, 2.24) is 0 Å². The number of unbranched alkanes of at least 4 members (excludes halogenated alkanes) is 9. The molecule has 5 N–H and O–H groups in total. The van der Waals surface area contributed by atoms with Gasteiger partial charge >= 0.3 is 7.32 Å². The standard InChI is InChI=1S/C15H32O2.BH3O3/c1-2-3-4-5-6-7-8-9-10-11-12-15(17)13-14-16;2-1(3)4/h15-17H,2-14H2,1H3;2-4H. The summed E-state index contributed by atoms with van der Waals surface area (Å²) in [7, 11) is -2.17. The van der Waals surface area contributed by atoms with Crippen LogP contribution in [0.4, 0.5) is 0 Å². The first-order valence-corrected chi connectivity index (χ1v) is 8.37. The number of rotatable bonds is 13. The fourth-order valence-corrected chi connectivity index (χ4v) is 2.16. The zero-order chi connectivity index (χ0) is 16.3. The van der Waals surface area contributed by atoms with Crippen LogP contribution in [0.5, 0.6) is 0 Å². The van der Waals surface area contributed by atoms with Crippen molar-refractivity contribution in [3.05, 3.63) is 0 Å². The van der Waals surface area contributed by atoms with Crippen LogP contribution in [-0.4, -0.2) is 45.3 Å². The maximum absolute atomic E-state index is 9.41. The minimum Gasteiger partial charge on any atom is -0.402 e. The molecule has 0 aliphatic heterocycles. The number of aliphatic hydroxyl groups excluding tert-OH is 2. The van der Waals surface area contributed by atoms with E-state index in [0.717, 1.165) is 12.8 Å². The van der Waals surface area contributed by atoms with Gasteiger partial charge in [-0.15, -0.1) is 0 Å². The van der Waals surface area contributed by atoms with E-state index in [0.29, 0.717) is 6.42 Å². The van der Waals surface area contributed by atoms with Crippen molar-refractivity contribution in [2.45, 2.75) is 90.1 Å². The van der Waals surface area contributed by atoms with Crippen LogP contribution in [0.15, 0.2) is 0 Å². The minimum atomic E-state index is -2.17. The van der Waals surface area contributed by atoms with Gasteiger partial charge in [0, 0.05) is 6.61 Å². The van der Waals surface area contributed by atoms with Crippen molar-refractivity contribution in [2.75, 3.05) is 6.61 Å². The van der Waals surface area contributed by atoms with E-state index in [1.807, 2.05) is 0 Å². The van der Waals surface area contributed by atoms with Gasteiger partial charge in [-0.05, 0) is 12.8 Å². The Balaban J connectivity index is 0. The molecule has 0 heterocycles. The molecule has 1 unspecified atom stereocenters. The van der Waals surface area contributed by atoms with E-state index in [9.17, 15) is 5.11 Å². The molecular formula is C15H35BO5. The lowest BCUT2D eigenvalue weighted by Gasteiger charge is -2.08. The molecule has 0 fully saturated rings. The first-order chi connectivity index (χ1) is 10.0. The van der Waals surface area contributed by atoms with Crippen molar-refractivity contribution in [1.29, 1.82) is 0 Å². The van der Waals surface area contributed by atoms with Crippen LogP contribution in [0.2, 0.25) is 0 Å². The highest BCUT2D eigenvalue weighted by Crippen LogP contribution is 2.12. The van der Waals surface area contributed by atoms with E-state index < -0.39 is 7.32 Å². The van der Waals surface area contributed by atoms with Crippen molar-refractivity contribution in [3.8, 4) is 0 Å². The van der Waals surface area contributed by atoms with Gasteiger partial charge in [0.1, 0.15) is 0 Å². The predicted octanol–water partition coefficient (Wildman–Crippen LogP) is 1.99. The molecule has 128 valence electrons. The first-order valence-electron chi connectivity index (χ1n) is 8.37. The van der Waals surface area contributed by atoms with Gasteiger partial charge in [-0.25, -0.2) is 0 Å². The summed E-state index contributed by atoms with van der Waals surface area (Å²) in [5.41, 5.74) is 0. The highest BCUT2D eigenvalue weighted by atomic mass is 16.5. The second-order valence-corrected chi connectivity index (χ2v) is 5.48. The Morgan fingerprint density at radius 3 is 1.48 bits per heavy atom. The molecule has 5 nitrogen and oxygen atoms in total. The fraction of sp³-hybridized carbons (Fsp3) is 1.00. The van der Waals surface area contributed by atoms with E-state index in [2.05, 4.69) is 6.92 Å². The third-order valence-electron chi connectivity index (χ3n) is 3.35. The largest absolute Gasteiger partial charge is 0.631 e. The van der Waals surface area contributed by atoms with E-state index in [1.165, 1.54) is 57.8 Å². The summed E-state index contributed by atoms with van der Waals surface area (Å²) in [5, 5.41) is 39.6. The summed E-state index contributed by atoms with van der Waals surface area (Å²) < 4.78 is 0. The molecular weight excluding hydrogens is 271 g/mol. The molecule has 0 rings (SSSR count). The Bertz CT molecular complexity index is 179. The van der Waals surface area contributed by atoms with Crippen LogP contribution in [0.1, 0.15) is 84.0 Å². The third kappa shape index (κ3) is 28.7. The third-order valence-corrected chi connectivity index (χ3v) is 3.35. The number of hydrogen-bond acceptors (Lipinski definition) is 5. The average molecular weight is 306 g/mol. The predicted molar refractivity (Wildman–Crippen MR) is 86.6 cm³/mol. The van der Waals surface area contributed by atoms with E-state index >= 15 is 0 Å². The Morgan fingerprint density at radius 2 is 1.10 bits per heavy atom. The molecule has 6 heteroatoms. The fourth-order valence-electron chi connectivity index (χ4n) is 2.16. The molecule has 0 spiro atoms. The molecule has 1 atom stereocenters. The summed E-state index contributed by atoms with van der Waals surface area (Å²) >= 11 is 0. The van der Waals surface area contributed by atoms with Crippen molar-refractivity contribution in [2.24, 2.45) is 0 Å². The van der Waals surface area contributed by atoms with Crippen LogP contribution < -0.4 is 0 Å². The van der Waals surface area contributed by atoms with Crippen molar-refractivity contribution in [3.63, 3.8) is 0 Å². The molecule has 0 aromatic heterocycles. The van der Waals surface area contributed by atoms with E-state index in [4.69, 9.17) is 20.2 Å². The normalized spacial score (nSPS) is 11.7. The highest BCUT2D eigenvalue weighted by molar-refractivity contribution is 6.30. The van der Waals surface area contributed by atoms with Crippen molar-refractivity contribution >= 4 is 7.32 Å². The number of hydrogen-bond donors (Lipinski definition) is 5. The van der Waals surface area contributed by atoms with Crippen molar-refractivity contribution < 1.29 is 25.3 Å². The van der Waals surface area contributed by atoms with Crippen LogP contribution in [0.25, 0.3) is 0 Å². The van der Waals surface area contributed by atoms with Gasteiger partial charge in [-0.1, -0.05) is 71.1 Å². The summed E-state index contributed by atoms with van der Waals surface area (Å²) in [6, 6.07) is 0. The molecule has 0 aromatic carbocycles. The highest BCUT2D eigenvalue weighted by Gasteiger charge is 2.01. The van der Waals surface area contributed by atoms with Crippen LogP contribution in [-0.2, 0) is 0 Å². The zero-order valence-electron chi connectivity index (χ0n) is 13.6. The average Bonchev–Trinajstić information content (AvgIpc) is 2.40. The van der Waals surface area contributed by atoms with Gasteiger partial charge in [0.25, 0.3) is 0 Å².